The van der Waals surface area contributed by atoms with Crippen LogP contribution >= 0.6 is 0 Å². The Morgan fingerprint density at radius 3 is 1.36 bits per heavy atom. The van der Waals surface area contributed by atoms with Gasteiger partial charge < -0.3 is 14.0 Å². The molecular formula is C49H48F6NO2+. The first-order chi connectivity index (χ1) is 27.2. The molecule has 1 heterocycles. The van der Waals surface area contributed by atoms with Gasteiger partial charge in [-0.3, -0.25) is 0 Å². The molecule has 6 aromatic rings. The number of rotatable bonds is 6. The van der Waals surface area contributed by atoms with Crippen molar-refractivity contribution in [1.82, 2.24) is 0 Å². The van der Waals surface area contributed by atoms with Crippen LogP contribution in [0.15, 0.2) is 78.9 Å². The molecular weight excluding hydrogens is 749 g/mol. The van der Waals surface area contributed by atoms with E-state index in [0.29, 0.717) is 56.0 Å². The first-order valence-electron chi connectivity index (χ1n) is 19.3. The average molecular weight is 797 g/mol. The Kier molecular flexibility index (Phi) is 10.2. The number of hydrogen-bond acceptors (Lipinski definition) is 2. The predicted octanol–water partition coefficient (Wildman–Crippen LogP) is 13.5. The Bertz CT molecular complexity index is 2430. The summed E-state index contributed by atoms with van der Waals surface area (Å²) in [4.78, 5) is 0. The van der Waals surface area contributed by atoms with Crippen LogP contribution in [0, 0.1) is 34.9 Å². The molecule has 1 aliphatic rings. The molecule has 1 aliphatic heterocycles. The van der Waals surface area contributed by atoms with Gasteiger partial charge in [0.15, 0.2) is 34.9 Å². The first kappa shape index (κ1) is 40.9. The van der Waals surface area contributed by atoms with Gasteiger partial charge in [-0.15, -0.1) is 0 Å². The third kappa shape index (κ3) is 6.81. The van der Waals surface area contributed by atoms with Crippen LogP contribution in [-0.2, 0) is 23.9 Å². The molecule has 0 bridgehead atoms. The van der Waals surface area contributed by atoms with Crippen LogP contribution in [0.5, 0.6) is 11.5 Å². The normalized spacial score (nSPS) is 14.5. The standard InChI is InChI=1S/C49H48F6NO2/c1-26(30-17-13-15-27-14-11-12-16-31(27)30)56(8)24-34-32(22-36(48(2,3)4)46(57-9)42(34)28-18-38(50)44(54)39(51)19-28)33-23-37(49(5,6)7)47(58-10)43(35(33)25-56)29-20-40(52)45(55)41(53)21-29/h11-23,26H,24-25H2,1-10H3/q+1/t26-/m0/s1. The smallest absolute Gasteiger partial charge is 0.194 e. The van der Waals surface area contributed by atoms with E-state index < -0.39 is 45.7 Å². The highest BCUT2D eigenvalue weighted by molar-refractivity contribution is 5.91. The fourth-order valence-electron chi connectivity index (χ4n) is 8.77. The summed E-state index contributed by atoms with van der Waals surface area (Å²) in [5.74, 6) is -7.76. The molecule has 0 radical (unpaired) electrons. The van der Waals surface area contributed by atoms with E-state index >= 15 is 17.6 Å². The van der Waals surface area contributed by atoms with Crippen LogP contribution in [0.2, 0.25) is 0 Å². The van der Waals surface area contributed by atoms with Crippen LogP contribution in [0.4, 0.5) is 26.3 Å². The summed E-state index contributed by atoms with van der Waals surface area (Å²) in [6, 6.07) is 22.0. The number of halogens is 6. The van der Waals surface area contributed by atoms with E-state index in [1.54, 1.807) is 0 Å². The van der Waals surface area contributed by atoms with Crippen LogP contribution in [0.3, 0.4) is 0 Å². The Labute approximate surface area is 336 Å². The van der Waals surface area contributed by atoms with Crippen LogP contribution < -0.4 is 9.47 Å². The molecule has 0 N–H and O–H groups in total. The molecule has 0 aliphatic carbocycles. The first-order valence-corrected chi connectivity index (χ1v) is 19.3. The van der Waals surface area contributed by atoms with Crippen molar-refractivity contribution in [2.45, 2.75) is 78.4 Å². The fourth-order valence-corrected chi connectivity index (χ4v) is 8.77. The van der Waals surface area contributed by atoms with Crippen molar-refractivity contribution < 1.29 is 40.3 Å². The molecule has 1 atom stereocenters. The van der Waals surface area contributed by atoms with Gasteiger partial charge in [0.2, 0.25) is 0 Å². The number of hydrogen-bond donors (Lipinski definition) is 0. The van der Waals surface area contributed by atoms with E-state index in [1.165, 1.54) is 14.2 Å². The Morgan fingerprint density at radius 1 is 0.569 bits per heavy atom. The molecule has 302 valence electrons. The third-order valence-electron chi connectivity index (χ3n) is 11.9. The number of nitrogens with zero attached hydrogens (tertiary/aromatic N) is 1. The Balaban J connectivity index is 1.72. The monoisotopic (exact) mass is 796 g/mol. The number of fused-ring (bicyclic) bond motifs is 4. The molecule has 9 heteroatoms. The maximum absolute atomic E-state index is 15.3. The molecule has 58 heavy (non-hydrogen) atoms. The lowest BCUT2D eigenvalue weighted by molar-refractivity contribution is -0.962. The Morgan fingerprint density at radius 2 is 0.966 bits per heavy atom. The van der Waals surface area contributed by atoms with Crippen LogP contribution in [0.1, 0.15) is 82.3 Å². The van der Waals surface area contributed by atoms with Gasteiger partial charge in [-0.1, -0.05) is 84.0 Å². The number of quaternary nitrogens is 1. The maximum Gasteiger partial charge on any atom is 0.194 e. The molecule has 0 amide bonds. The van der Waals surface area contributed by atoms with Crippen molar-refractivity contribution in [1.29, 1.82) is 0 Å². The van der Waals surface area contributed by atoms with E-state index in [2.05, 4.69) is 26.1 Å². The average Bonchev–Trinajstić information content (AvgIpc) is 3.29. The summed E-state index contributed by atoms with van der Waals surface area (Å²) < 4.78 is 103. The summed E-state index contributed by atoms with van der Waals surface area (Å²) in [6.45, 7) is 14.6. The van der Waals surface area contributed by atoms with E-state index in [1.807, 2.05) is 84.0 Å². The van der Waals surface area contributed by atoms with Gasteiger partial charge in [-0.25, -0.2) is 26.3 Å². The molecule has 7 rings (SSSR count). The summed E-state index contributed by atoms with van der Waals surface area (Å²) in [6.07, 6.45) is 0. The molecule has 0 saturated carbocycles. The number of ether oxygens (including phenoxy) is 2. The highest BCUT2D eigenvalue weighted by atomic mass is 19.2. The minimum Gasteiger partial charge on any atom is -0.496 e. The highest BCUT2D eigenvalue weighted by Gasteiger charge is 2.42. The van der Waals surface area contributed by atoms with Gasteiger partial charge >= 0.3 is 0 Å². The van der Waals surface area contributed by atoms with Gasteiger partial charge in [-0.05, 0) is 87.2 Å². The van der Waals surface area contributed by atoms with Crippen molar-refractivity contribution in [3.05, 3.63) is 142 Å². The van der Waals surface area contributed by atoms with E-state index in [-0.39, 0.29) is 34.7 Å². The Hall–Kier alpha value is -5.28. The van der Waals surface area contributed by atoms with Crippen molar-refractivity contribution >= 4 is 10.8 Å². The van der Waals surface area contributed by atoms with Crippen molar-refractivity contribution in [2.75, 3.05) is 21.3 Å². The van der Waals surface area contributed by atoms with Gasteiger partial charge in [0.1, 0.15) is 30.6 Å². The van der Waals surface area contributed by atoms with E-state index in [4.69, 9.17) is 9.47 Å². The summed E-state index contributed by atoms with van der Waals surface area (Å²) >= 11 is 0. The minimum atomic E-state index is -1.58. The lowest BCUT2D eigenvalue weighted by Crippen LogP contribution is -2.44. The number of methoxy groups -OCH3 is 2. The predicted molar refractivity (Wildman–Crippen MR) is 219 cm³/mol. The largest absolute Gasteiger partial charge is 0.496 e. The van der Waals surface area contributed by atoms with E-state index in [9.17, 15) is 8.78 Å². The second-order valence-electron chi connectivity index (χ2n) is 17.8. The summed E-state index contributed by atoms with van der Waals surface area (Å²) in [5, 5.41) is 2.08. The van der Waals surface area contributed by atoms with E-state index in [0.717, 1.165) is 40.6 Å². The molecule has 0 spiro atoms. The molecule has 0 aromatic heterocycles. The molecule has 0 unspecified atom stereocenters. The van der Waals surface area contributed by atoms with Gasteiger partial charge in [0.25, 0.3) is 0 Å². The van der Waals surface area contributed by atoms with Crippen molar-refractivity contribution in [3.8, 4) is 44.9 Å². The topological polar surface area (TPSA) is 18.5 Å². The lowest BCUT2D eigenvalue weighted by Gasteiger charge is -2.41. The SMILES string of the molecule is COc1c(C(C)(C)C)cc2c(c1-c1cc(F)c(F)c(F)c1)C[N+](C)([C@@H](C)c1cccc3ccccc13)Cc1c-2cc(C(C)(C)C)c(OC)c1-c1cc(F)c(F)c(F)c1. The van der Waals surface area contributed by atoms with Crippen molar-refractivity contribution in [2.24, 2.45) is 0 Å². The number of benzene rings is 6. The zero-order valence-corrected chi connectivity index (χ0v) is 34.5. The molecule has 6 aromatic carbocycles. The van der Waals surface area contributed by atoms with Crippen molar-refractivity contribution in [3.63, 3.8) is 0 Å². The maximum atomic E-state index is 15.3. The summed E-state index contributed by atoms with van der Waals surface area (Å²) in [5.41, 5.74) is 5.03. The second-order valence-corrected chi connectivity index (χ2v) is 17.8. The van der Waals surface area contributed by atoms with Gasteiger partial charge in [0.05, 0.1) is 21.3 Å². The second kappa shape index (κ2) is 14.5. The zero-order valence-electron chi connectivity index (χ0n) is 34.5. The third-order valence-corrected chi connectivity index (χ3v) is 11.9. The fraction of sp³-hybridized carbons (Fsp3) is 0.306. The van der Waals surface area contributed by atoms with Crippen LogP contribution in [-0.4, -0.2) is 25.8 Å². The molecule has 0 fully saturated rings. The summed E-state index contributed by atoms with van der Waals surface area (Å²) in [7, 11) is 5.09. The van der Waals surface area contributed by atoms with Gasteiger partial charge in [-0.2, -0.15) is 0 Å². The quantitative estimate of drug-likeness (QED) is 0.0949. The molecule has 3 nitrogen and oxygen atoms in total. The van der Waals surface area contributed by atoms with Crippen LogP contribution in [0.25, 0.3) is 44.2 Å². The molecule has 0 saturated heterocycles. The zero-order chi connectivity index (χ0) is 42.2. The lowest BCUT2D eigenvalue weighted by atomic mass is 9.76. The minimum absolute atomic E-state index is 0.0934. The van der Waals surface area contributed by atoms with Gasteiger partial charge in [0, 0.05) is 38.9 Å². The highest BCUT2D eigenvalue weighted by Crippen LogP contribution is 2.55.